The molecule has 48 valence electrons. The minimum atomic E-state index is -0.365. The van der Waals surface area contributed by atoms with Crippen molar-refractivity contribution in [3.8, 4) is 0 Å². The summed E-state index contributed by atoms with van der Waals surface area (Å²) in [6, 6.07) is 0. The van der Waals surface area contributed by atoms with Crippen LogP contribution in [0.3, 0.4) is 0 Å². The summed E-state index contributed by atoms with van der Waals surface area (Å²) in [6.07, 6.45) is -1.09. The molecule has 0 aromatic carbocycles. The number of rotatable bonds is 0. The highest BCUT2D eigenvalue weighted by Gasteiger charge is 2.31. The van der Waals surface area contributed by atoms with Crippen LogP contribution in [0.2, 0.25) is 0 Å². The van der Waals surface area contributed by atoms with Gasteiger partial charge in [0.2, 0.25) is 0 Å². The molecule has 0 radical (unpaired) electrons. The van der Waals surface area contributed by atoms with Crippen LogP contribution in [0.15, 0.2) is 0 Å². The lowest BCUT2D eigenvalue weighted by Crippen LogP contribution is -2.69. The molecule has 0 aromatic heterocycles. The first kappa shape index (κ1) is 8.05. The molecule has 0 aliphatic carbocycles. The van der Waals surface area contributed by atoms with Crippen molar-refractivity contribution in [3.05, 3.63) is 0 Å². The maximum atomic E-state index is 5.58. The highest BCUT2D eigenvalue weighted by Crippen LogP contribution is 1.94. The molecule has 1 fully saturated rings. The largest absolute Gasteiger partial charge is 0.395 e. The molecule has 1 rings (SSSR count). The van der Waals surface area contributed by atoms with E-state index in [0.717, 1.165) is 0 Å². The summed E-state index contributed by atoms with van der Waals surface area (Å²) in [5.74, 6) is 0. The zero-order valence-electron chi connectivity index (χ0n) is 4.37. The van der Waals surface area contributed by atoms with E-state index >= 15 is 0 Å². The fraction of sp³-hybridized carbons (Fsp3) is 0. The van der Waals surface area contributed by atoms with Gasteiger partial charge < -0.3 is 15.4 Å². The Labute approximate surface area is 69.3 Å². The van der Waals surface area contributed by atoms with Crippen molar-refractivity contribution in [1.29, 1.82) is 0 Å². The topological polar surface area (TPSA) is 36.1 Å². The lowest BCUT2D eigenvalue weighted by atomic mass is 9.82. The summed E-state index contributed by atoms with van der Waals surface area (Å²) in [7, 11) is 0. The SMILES string of the molecule is ClB1NB(Cl)NB(Cl)N1. The normalized spacial score (nSPS) is 21.0. The predicted molar refractivity (Wildman–Crippen MR) is 44.2 cm³/mol. The van der Waals surface area contributed by atoms with Gasteiger partial charge in [0.05, 0.1) is 0 Å². The Balaban J connectivity index is 2.34. The van der Waals surface area contributed by atoms with E-state index in [0.29, 0.717) is 0 Å². The van der Waals surface area contributed by atoms with Gasteiger partial charge >= 0.3 is 19.2 Å². The number of halogens is 3. The third-order valence-corrected chi connectivity index (χ3v) is 1.63. The van der Waals surface area contributed by atoms with Gasteiger partial charge in [0, 0.05) is 0 Å². The first-order chi connectivity index (χ1) is 4.18. The van der Waals surface area contributed by atoms with Gasteiger partial charge in [-0.1, -0.05) is 0 Å². The van der Waals surface area contributed by atoms with Crippen LogP contribution in [0.1, 0.15) is 0 Å². The Hall–Kier alpha value is 0.945. The summed E-state index contributed by atoms with van der Waals surface area (Å²) in [6.45, 7) is 0. The van der Waals surface area contributed by atoms with Crippen LogP contribution >= 0.6 is 34.4 Å². The fourth-order valence-electron chi connectivity index (χ4n) is 0.530. The molecule has 1 heterocycles. The average Bonchev–Trinajstić information content (AvgIpc) is 1.59. The van der Waals surface area contributed by atoms with Crippen LogP contribution in [-0.2, 0) is 0 Å². The minimum absolute atomic E-state index is 0.365. The second-order valence-corrected chi connectivity index (χ2v) is 2.90. The van der Waals surface area contributed by atoms with E-state index in [1.165, 1.54) is 0 Å². The number of nitrogens with one attached hydrogen (secondary N) is 3. The van der Waals surface area contributed by atoms with Gasteiger partial charge in [0.15, 0.2) is 0 Å². The quantitative estimate of drug-likeness (QED) is 0.441. The van der Waals surface area contributed by atoms with Crippen LogP contribution in [-0.4, -0.2) is 19.2 Å². The molecule has 0 amide bonds. The van der Waals surface area contributed by atoms with Gasteiger partial charge in [-0.2, -0.15) is 34.4 Å². The molecule has 1 saturated heterocycles. The maximum Gasteiger partial charge on any atom is 0.395 e. The standard InChI is InChI=1S/B3Cl3H3N3/c4-1-7-2(5)9-3(6)8-1/h7-9H. The van der Waals surface area contributed by atoms with Crippen molar-refractivity contribution in [2.45, 2.75) is 0 Å². The van der Waals surface area contributed by atoms with Gasteiger partial charge in [-0.3, -0.25) is 0 Å². The van der Waals surface area contributed by atoms with Crippen molar-refractivity contribution >= 4 is 53.6 Å². The van der Waals surface area contributed by atoms with E-state index in [1.54, 1.807) is 0 Å². The molecular formula is H3B3Cl3N3. The summed E-state index contributed by atoms with van der Waals surface area (Å²) < 4.78 is 0. The van der Waals surface area contributed by atoms with Gasteiger partial charge in [-0.15, -0.1) is 0 Å². The first-order valence-corrected chi connectivity index (χ1v) is 3.70. The Morgan fingerprint density at radius 2 is 0.889 bits per heavy atom. The molecule has 3 nitrogen and oxygen atoms in total. The highest BCUT2D eigenvalue weighted by molar-refractivity contribution is 7.26. The van der Waals surface area contributed by atoms with E-state index in [-0.39, 0.29) is 19.2 Å². The molecule has 1 aliphatic rings. The lowest BCUT2D eigenvalue weighted by Gasteiger charge is -2.22. The minimum Gasteiger partial charge on any atom is -0.343 e. The molecule has 0 spiro atoms. The van der Waals surface area contributed by atoms with Crippen LogP contribution in [0, 0.1) is 0 Å². The molecule has 0 aromatic rings. The average molecular weight is 184 g/mol. The summed E-state index contributed by atoms with van der Waals surface area (Å²) in [5.41, 5.74) is 0. The molecule has 9 heteroatoms. The molecule has 0 atom stereocenters. The third kappa shape index (κ3) is 2.57. The van der Waals surface area contributed by atoms with E-state index in [4.69, 9.17) is 34.4 Å². The van der Waals surface area contributed by atoms with Gasteiger partial charge in [0.1, 0.15) is 0 Å². The first-order valence-electron chi connectivity index (χ1n) is 2.39. The Bertz CT molecular complexity index is 75.3. The molecule has 0 unspecified atom stereocenters. The highest BCUT2D eigenvalue weighted by atomic mass is 35.5. The van der Waals surface area contributed by atoms with Crippen molar-refractivity contribution in [3.63, 3.8) is 0 Å². The van der Waals surface area contributed by atoms with Crippen molar-refractivity contribution in [1.82, 2.24) is 15.4 Å². The molecule has 3 N–H and O–H groups in total. The van der Waals surface area contributed by atoms with Crippen molar-refractivity contribution < 1.29 is 0 Å². The molecular weight excluding hydrogens is 181 g/mol. The van der Waals surface area contributed by atoms with Crippen LogP contribution in [0.25, 0.3) is 0 Å². The fourth-order valence-corrected chi connectivity index (χ4v) is 1.48. The number of hydrogen-bond donors (Lipinski definition) is 3. The lowest BCUT2D eigenvalue weighted by molar-refractivity contribution is 1.24. The monoisotopic (exact) mass is 183 g/mol. The van der Waals surface area contributed by atoms with Crippen LogP contribution in [0.4, 0.5) is 0 Å². The zero-order valence-corrected chi connectivity index (χ0v) is 6.63. The van der Waals surface area contributed by atoms with E-state index in [2.05, 4.69) is 15.4 Å². The molecule has 0 bridgehead atoms. The summed E-state index contributed by atoms with van der Waals surface area (Å²) >= 11 is 16.7. The van der Waals surface area contributed by atoms with Gasteiger partial charge in [-0.25, -0.2) is 0 Å². The second kappa shape index (κ2) is 3.37. The van der Waals surface area contributed by atoms with E-state index in [1.807, 2.05) is 0 Å². The zero-order chi connectivity index (χ0) is 6.85. The third-order valence-electron chi connectivity index (χ3n) is 0.878. The second-order valence-electron chi connectivity index (χ2n) is 1.59. The van der Waals surface area contributed by atoms with E-state index in [9.17, 15) is 0 Å². The van der Waals surface area contributed by atoms with Crippen LogP contribution < -0.4 is 15.4 Å². The summed E-state index contributed by atoms with van der Waals surface area (Å²) in [4.78, 5) is 0. The predicted octanol–water partition coefficient (Wildman–Crippen LogP) is -0.560. The Morgan fingerprint density at radius 3 is 1.11 bits per heavy atom. The maximum absolute atomic E-state index is 5.58. The molecule has 1 aliphatic heterocycles. The summed E-state index contributed by atoms with van der Waals surface area (Å²) in [5, 5.41) is 8.20. The van der Waals surface area contributed by atoms with Gasteiger partial charge in [-0.05, 0) is 0 Å². The van der Waals surface area contributed by atoms with Crippen LogP contribution in [0.5, 0.6) is 0 Å². The van der Waals surface area contributed by atoms with Crippen molar-refractivity contribution in [2.24, 2.45) is 0 Å². The molecule has 9 heavy (non-hydrogen) atoms. The molecule has 0 saturated carbocycles. The number of hydrogen-bond acceptors (Lipinski definition) is 3. The smallest absolute Gasteiger partial charge is 0.343 e. The van der Waals surface area contributed by atoms with Crippen molar-refractivity contribution in [2.75, 3.05) is 0 Å². The Morgan fingerprint density at radius 1 is 0.667 bits per heavy atom. The van der Waals surface area contributed by atoms with E-state index < -0.39 is 0 Å². The Kier molecular flexibility index (Phi) is 3.01. The van der Waals surface area contributed by atoms with Gasteiger partial charge in [0.25, 0.3) is 0 Å².